The van der Waals surface area contributed by atoms with Crippen LogP contribution in [0, 0.1) is 11.3 Å². The third-order valence-corrected chi connectivity index (χ3v) is 9.10. The van der Waals surface area contributed by atoms with Crippen molar-refractivity contribution in [2.24, 2.45) is 11.3 Å². The highest BCUT2D eigenvalue weighted by Gasteiger charge is 2.83. The Labute approximate surface area is 221 Å². The molecule has 0 aromatic heterocycles. The van der Waals surface area contributed by atoms with E-state index in [2.05, 4.69) is 0 Å². The lowest BCUT2D eigenvalue weighted by Crippen LogP contribution is -2.81. The molecule has 5 rings (SSSR count). The summed E-state index contributed by atoms with van der Waals surface area (Å²) in [5, 5.41) is 23.6. The third-order valence-electron chi connectivity index (χ3n) is 9.10. The molecule has 2 bridgehead atoms. The average molecular weight is 533 g/mol. The van der Waals surface area contributed by atoms with Crippen LogP contribution in [0.2, 0.25) is 0 Å². The minimum absolute atomic E-state index is 0.180. The maximum absolute atomic E-state index is 13.4. The van der Waals surface area contributed by atoms with E-state index in [0.29, 0.717) is 0 Å². The number of epoxide rings is 1. The maximum atomic E-state index is 13.4. The molecule has 2 saturated carbocycles. The predicted octanol–water partition coefficient (Wildman–Crippen LogP) is 1.99. The van der Waals surface area contributed by atoms with Crippen LogP contribution in [0.25, 0.3) is 0 Å². The van der Waals surface area contributed by atoms with Crippen LogP contribution in [0.1, 0.15) is 66.1 Å². The van der Waals surface area contributed by atoms with Crippen LogP contribution < -0.4 is 0 Å². The number of esters is 3. The Hall–Kier alpha value is -2.53. The lowest BCUT2D eigenvalue weighted by Gasteiger charge is -2.65. The second-order valence-electron chi connectivity index (χ2n) is 12.0. The van der Waals surface area contributed by atoms with Crippen molar-refractivity contribution in [3.63, 3.8) is 0 Å². The molecule has 2 aliphatic carbocycles. The number of hydrogen-bond acceptors (Lipinski definition) is 10. The zero-order chi connectivity index (χ0) is 27.8. The highest BCUT2D eigenvalue weighted by Crippen LogP contribution is 2.68. The van der Waals surface area contributed by atoms with Crippen LogP contribution in [0.15, 0.2) is 30.3 Å². The molecular formula is C28H36O10. The van der Waals surface area contributed by atoms with E-state index < -0.39 is 82.7 Å². The van der Waals surface area contributed by atoms with Gasteiger partial charge in [-0.05, 0) is 39.7 Å². The summed E-state index contributed by atoms with van der Waals surface area (Å²) in [7, 11) is 0. The first-order chi connectivity index (χ1) is 17.7. The molecule has 208 valence electrons. The predicted molar refractivity (Wildman–Crippen MR) is 130 cm³/mol. The van der Waals surface area contributed by atoms with E-state index in [1.54, 1.807) is 6.92 Å². The van der Waals surface area contributed by atoms with Crippen LogP contribution >= 0.6 is 0 Å². The fraction of sp³-hybridized carbons (Fsp3) is 0.679. The SMILES string of the molecule is CC(=O)OC1CC(C)(O)C23OC(C)(C)C(CC(OC(C)=O)C2(C)C1OC(=O)C1OC1c1ccccc1)C3O. The zero-order valence-corrected chi connectivity index (χ0v) is 22.5. The topological polar surface area (TPSA) is 141 Å². The largest absolute Gasteiger partial charge is 0.462 e. The summed E-state index contributed by atoms with van der Waals surface area (Å²) in [5.74, 6) is -2.38. The van der Waals surface area contributed by atoms with E-state index in [0.717, 1.165) is 5.56 Å². The number of carbonyl (C=O) groups is 3. The van der Waals surface area contributed by atoms with E-state index in [1.165, 1.54) is 20.8 Å². The van der Waals surface area contributed by atoms with E-state index in [4.69, 9.17) is 23.7 Å². The third kappa shape index (κ3) is 3.79. The van der Waals surface area contributed by atoms with Gasteiger partial charge in [0.05, 0.1) is 22.7 Å². The Kier molecular flexibility index (Phi) is 6.22. The molecule has 2 saturated heterocycles. The van der Waals surface area contributed by atoms with Crippen LogP contribution in [-0.2, 0) is 38.1 Å². The molecule has 1 aromatic rings. The van der Waals surface area contributed by atoms with Crippen molar-refractivity contribution < 1.29 is 48.3 Å². The van der Waals surface area contributed by atoms with Crippen molar-refractivity contribution >= 4 is 17.9 Å². The molecule has 1 spiro atoms. The number of aliphatic hydroxyl groups is 2. The Balaban J connectivity index is 1.58. The minimum atomic E-state index is -1.75. The number of carbonyl (C=O) groups excluding carboxylic acids is 3. The Morgan fingerprint density at radius 3 is 2.21 bits per heavy atom. The summed E-state index contributed by atoms with van der Waals surface area (Å²) in [6.45, 7) is 9.27. The van der Waals surface area contributed by atoms with Crippen molar-refractivity contribution in [2.45, 2.75) is 108 Å². The first-order valence-corrected chi connectivity index (χ1v) is 13.0. The van der Waals surface area contributed by atoms with E-state index in [1.807, 2.05) is 44.2 Å². The molecule has 10 unspecified atom stereocenters. The van der Waals surface area contributed by atoms with Crippen LogP contribution in [0.5, 0.6) is 0 Å². The number of fused-ring (bicyclic) bond motifs is 1. The number of rotatable bonds is 5. The van der Waals surface area contributed by atoms with Crippen molar-refractivity contribution in [1.29, 1.82) is 0 Å². The van der Waals surface area contributed by atoms with E-state index >= 15 is 0 Å². The van der Waals surface area contributed by atoms with E-state index in [9.17, 15) is 24.6 Å². The van der Waals surface area contributed by atoms with Gasteiger partial charge in [0.2, 0.25) is 0 Å². The molecule has 10 heteroatoms. The molecule has 4 aliphatic rings. The van der Waals surface area contributed by atoms with Crippen LogP contribution in [-0.4, -0.2) is 75.4 Å². The number of hydrogen-bond donors (Lipinski definition) is 2. The standard InChI is InChI=1S/C28H36O10/c1-14(29)34-18-13-26(5,33)28-22(31)17(25(3,4)38-28)12-19(35-15(2)30)27(28,6)23(18)37-24(32)21-20(36-21)16-10-8-7-9-11-16/h7-11,17-23,31,33H,12-13H2,1-6H3. The fourth-order valence-electron chi connectivity index (χ4n) is 7.48. The van der Waals surface area contributed by atoms with Crippen molar-refractivity contribution in [1.82, 2.24) is 0 Å². The van der Waals surface area contributed by atoms with Crippen molar-refractivity contribution in [3.8, 4) is 0 Å². The molecule has 4 fully saturated rings. The summed E-state index contributed by atoms with van der Waals surface area (Å²) in [6.07, 6.45) is -5.81. The Bertz CT molecular complexity index is 1130. The Morgan fingerprint density at radius 2 is 1.61 bits per heavy atom. The first-order valence-electron chi connectivity index (χ1n) is 13.0. The highest BCUT2D eigenvalue weighted by atomic mass is 16.7. The number of aliphatic hydroxyl groups excluding tert-OH is 1. The number of benzene rings is 1. The van der Waals surface area contributed by atoms with Gasteiger partial charge in [0.25, 0.3) is 0 Å². The van der Waals surface area contributed by atoms with Gasteiger partial charge in [0, 0.05) is 26.2 Å². The molecule has 2 N–H and O–H groups in total. The monoisotopic (exact) mass is 532 g/mol. The van der Waals surface area contributed by atoms with Crippen LogP contribution in [0.4, 0.5) is 0 Å². The summed E-state index contributed by atoms with van der Waals surface area (Å²) in [4.78, 5) is 37.9. The molecular weight excluding hydrogens is 496 g/mol. The molecule has 38 heavy (non-hydrogen) atoms. The van der Waals surface area contributed by atoms with Gasteiger partial charge >= 0.3 is 17.9 Å². The van der Waals surface area contributed by atoms with Gasteiger partial charge < -0.3 is 33.9 Å². The van der Waals surface area contributed by atoms with Crippen molar-refractivity contribution in [3.05, 3.63) is 35.9 Å². The minimum Gasteiger partial charge on any atom is -0.462 e. The van der Waals surface area contributed by atoms with Gasteiger partial charge in [-0.3, -0.25) is 9.59 Å². The van der Waals surface area contributed by atoms with E-state index in [-0.39, 0.29) is 12.8 Å². The average Bonchev–Trinajstić information content (AvgIpc) is 3.58. The number of ether oxygens (including phenoxy) is 5. The molecule has 10 nitrogen and oxygen atoms in total. The van der Waals surface area contributed by atoms with Gasteiger partial charge in [0.1, 0.15) is 23.9 Å². The summed E-state index contributed by atoms with van der Waals surface area (Å²) in [6, 6.07) is 9.23. The van der Waals surface area contributed by atoms with Gasteiger partial charge in [-0.25, -0.2) is 4.79 Å². The fourth-order valence-corrected chi connectivity index (χ4v) is 7.48. The molecule has 2 heterocycles. The summed E-state index contributed by atoms with van der Waals surface area (Å²) >= 11 is 0. The van der Waals surface area contributed by atoms with Crippen molar-refractivity contribution in [2.75, 3.05) is 0 Å². The Morgan fingerprint density at radius 1 is 0.974 bits per heavy atom. The lowest BCUT2D eigenvalue weighted by atomic mass is 9.47. The zero-order valence-electron chi connectivity index (χ0n) is 22.5. The lowest BCUT2D eigenvalue weighted by molar-refractivity contribution is -0.345. The smallest absolute Gasteiger partial charge is 0.338 e. The first kappa shape index (κ1) is 27.1. The molecule has 0 amide bonds. The van der Waals surface area contributed by atoms with Gasteiger partial charge in [0.15, 0.2) is 12.2 Å². The molecule has 0 radical (unpaired) electrons. The highest BCUT2D eigenvalue weighted by molar-refractivity contribution is 5.79. The summed E-state index contributed by atoms with van der Waals surface area (Å²) in [5.41, 5.74) is -5.05. The summed E-state index contributed by atoms with van der Waals surface area (Å²) < 4.78 is 29.7. The molecule has 2 aliphatic heterocycles. The van der Waals surface area contributed by atoms with Crippen LogP contribution in [0.3, 0.4) is 0 Å². The van der Waals surface area contributed by atoms with Gasteiger partial charge in [-0.15, -0.1) is 0 Å². The quantitative estimate of drug-likeness (QED) is 0.329. The molecule has 10 atom stereocenters. The molecule has 1 aromatic carbocycles. The normalized spacial score (nSPS) is 44.5. The maximum Gasteiger partial charge on any atom is 0.338 e. The van der Waals surface area contributed by atoms with Gasteiger partial charge in [-0.1, -0.05) is 30.3 Å². The second-order valence-corrected chi connectivity index (χ2v) is 12.0. The second kappa shape index (κ2) is 8.74. The van der Waals surface area contributed by atoms with Gasteiger partial charge in [-0.2, -0.15) is 0 Å².